The van der Waals surface area contributed by atoms with E-state index in [1.54, 1.807) is 6.20 Å². The van der Waals surface area contributed by atoms with Gasteiger partial charge in [-0.3, -0.25) is 9.78 Å². The second-order valence-electron chi connectivity index (χ2n) is 6.67. The van der Waals surface area contributed by atoms with Crippen molar-refractivity contribution in [3.05, 3.63) is 77.5 Å². The van der Waals surface area contributed by atoms with Gasteiger partial charge in [0.2, 0.25) is 5.91 Å². The Morgan fingerprint density at radius 1 is 1.04 bits per heavy atom. The zero-order valence-electron chi connectivity index (χ0n) is 14.8. The summed E-state index contributed by atoms with van der Waals surface area (Å²) in [6.45, 7) is 5.03. The Labute approximate surface area is 149 Å². The first-order valence-electron chi connectivity index (χ1n) is 8.81. The van der Waals surface area contributed by atoms with Crippen LogP contribution in [0.15, 0.2) is 60.8 Å². The number of fused-ring (bicyclic) bond motifs is 1. The quantitative estimate of drug-likeness (QED) is 0.733. The molecule has 25 heavy (non-hydrogen) atoms. The molecule has 2 aromatic carbocycles. The minimum Gasteiger partial charge on any atom is -0.355 e. The van der Waals surface area contributed by atoms with E-state index in [9.17, 15) is 4.79 Å². The maximum absolute atomic E-state index is 12.3. The highest BCUT2D eigenvalue weighted by molar-refractivity contribution is 5.87. The van der Waals surface area contributed by atoms with Crippen LogP contribution in [-0.4, -0.2) is 17.4 Å². The lowest BCUT2D eigenvalue weighted by atomic mass is 10.0. The number of carbonyl (C=O) groups excluding carboxylic acids is 1. The third-order valence-electron chi connectivity index (χ3n) is 4.45. The molecule has 0 aliphatic rings. The van der Waals surface area contributed by atoms with Crippen molar-refractivity contribution in [2.24, 2.45) is 0 Å². The summed E-state index contributed by atoms with van der Waals surface area (Å²) in [5.41, 5.74) is 4.47. The number of pyridine rings is 1. The van der Waals surface area contributed by atoms with Crippen molar-refractivity contribution in [2.45, 2.75) is 32.6 Å². The molecule has 1 amide bonds. The summed E-state index contributed by atoms with van der Waals surface area (Å²) < 4.78 is 0. The highest BCUT2D eigenvalue weighted by Gasteiger charge is 2.07. The smallest absolute Gasteiger partial charge is 0.224 e. The normalized spacial score (nSPS) is 11.0. The number of rotatable bonds is 6. The zero-order valence-corrected chi connectivity index (χ0v) is 14.8. The summed E-state index contributed by atoms with van der Waals surface area (Å²) in [4.78, 5) is 16.7. The van der Waals surface area contributed by atoms with Gasteiger partial charge in [-0.1, -0.05) is 62.4 Å². The van der Waals surface area contributed by atoms with Crippen LogP contribution in [0.5, 0.6) is 0 Å². The Hall–Kier alpha value is -2.68. The highest BCUT2D eigenvalue weighted by Crippen LogP contribution is 2.16. The molecule has 3 rings (SSSR count). The van der Waals surface area contributed by atoms with Gasteiger partial charge in [-0.2, -0.15) is 0 Å². The standard InChI is InChI=1S/C22H24N2O/c1-16(2)18-10-8-17(9-11-18)12-14-23-21(25)15-20-6-3-5-19-7-4-13-24-22(19)20/h3-11,13,16H,12,14-15H2,1-2H3,(H,23,25). The molecule has 0 aliphatic heterocycles. The van der Waals surface area contributed by atoms with Gasteiger partial charge in [0, 0.05) is 18.1 Å². The summed E-state index contributed by atoms with van der Waals surface area (Å²) in [6.07, 6.45) is 2.98. The first-order valence-corrected chi connectivity index (χ1v) is 8.81. The van der Waals surface area contributed by atoms with E-state index in [0.717, 1.165) is 22.9 Å². The van der Waals surface area contributed by atoms with Gasteiger partial charge in [0.25, 0.3) is 0 Å². The summed E-state index contributed by atoms with van der Waals surface area (Å²) in [7, 11) is 0. The van der Waals surface area contributed by atoms with E-state index in [1.165, 1.54) is 11.1 Å². The molecule has 0 saturated heterocycles. The maximum atomic E-state index is 12.3. The van der Waals surface area contributed by atoms with E-state index in [0.29, 0.717) is 18.9 Å². The maximum Gasteiger partial charge on any atom is 0.224 e. The number of hydrogen-bond acceptors (Lipinski definition) is 2. The fourth-order valence-electron chi connectivity index (χ4n) is 2.96. The summed E-state index contributed by atoms with van der Waals surface area (Å²) in [5, 5.41) is 4.08. The Kier molecular flexibility index (Phi) is 5.44. The number of nitrogens with one attached hydrogen (secondary N) is 1. The van der Waals surface area contributed by atoms with Crippen LogP contribution in [0.4, 0.5) is 0 Å². The number of hydrogen-bond donors (Lipinski definition) is 1. The SMILES string of the molecule is CC(C)c1ccc(CCNC(=O)Cc2cccc3cccnc23)cc1. The van der Waals surface area contributed by atoms with Crippen LogP contribution in [0, 0.1) is 0 Å². The third kappa shape index (κ3) is 4.44. The van der Waals surface area contributed by atoms with Crippen molar-refractivity contribution < 1.29 is 4.79 Å². The van der Waals surface area contributed by atoms with Crippen molar-refractivity contribution in [3.8, 4) is 0 Å². The average Bonchev–Trinajstić information content (AvgIpc) is 2.62. The van der Waals surface area contributed by atoms with Gasteiger partial charge in [-0.15, -0.1) is 0 Å². The van der Waals surface area contributed by atoms with Gasteiger partial charge in [0.05, 0.1) is 11.9 Å². The largest absolute Gasteiger partial charge is 0.355 e. The predicted molar refractivity (Wildman–Crippen MR) is 103 cm³/mol. The molecule has 0 bridgehead atoms. The lowest BCUT2D eigenvalue weighted by molar-refractivity contribution is -0.120. The molecule has 1 heterocycles. The number of benzene rings is 2. The van der Waals surface area contributed by atoms with E-state index in [2.05, 4.69) is 48.4 Å². The molecule has 3 aromatic rings. The van der Waals surface area contributed by atoms with Crippen LogP contribution in [-0.2, 0) is 17.6 Å². The lowest BCUT2D eigenvalue weighted by Gasteiger charge is -2.09. The minimum absolute atomic E-state index is 0.0388. The van der Waals surface area contributed by atoms with E-state index < -0.39 is 0 Å². The van der Waals surface area contributed by atoms with Gasteiger partial charge in [-0.25, -0.2) is 0 Å². The molecule has 0 atom stereocenters. The summed E-state index contributed by atoms with van der Waals surface area (Å²) in [5.74, 6) is 0.583. The first kappa shape index (κ1) is 17.2. The molecule has 1 N–H and O–H groups in total. The van der Waals surface area contributed by atoms with Gasteiger partial charge in [0.1, 0.15) is 0 Å². The van der Waals surface area contributed by atoms with Crippen LogP contribution in [0.1, 0.15) is 36.5 Å². The second kappa shape index (κ2) is 7.93. The van der Waals surface area contributed by atoms with E-state index in [4.69, 9.17) is 0 Å². The van der Waals surface area contributed by atoms with E-state index in [1.807, 2.05) is 30.3 Å². The monoisotopic (exact) mass is 332 g/mol. The van der Waals surface area contributed by atoms with Crippen LogP contribution in [0.25, 0.3) is 10.9 Å². The van der Waals surface area contributed by atoms with E-state index >= 15 is 0 Å². The predicted octanol–water partition coefficient (Wildman–Crippen LogP) is 4.26. The molecular formula is C22H24N2O. The fraction of sp³-hybridized carbons (Fsp3) is 0.273. The molecule has 128 valence electrons. The van der Waals surface area contributed by atoms with Crippen molar-refractivity contribution in [1.82, 2.24) is 10.3 Å². The molecule has 0 saturated carbocycles. The number of carbonyl (C=O) groups is 1. The van der Waals surface area contributed by atoms with Gasteiger partial charge in [0.15, 0.2) is 0 Å². The summed E-state index contributed by atoms with van der Waals surface area (Å²) >= 11 is 0. The zero-order chi connectivity index (χ0) is 17.6. The molecule has 0 unspecified atom stereocenters. The average molecular weight is 332 g/mol. The number of aromatic nitrogens is 1. The van der Waals surface area contributed by atoms with Crippen LogP contribution >= 0.6 is 0 Å². The Bertz CT molecular complexity index is 848. The second-order valence-corrected chi connectivity index (χ2v) is 6.67. The molecule has 0 spiro atoms. The van der Waals surface area contributed by atoms with Gasteiger partial charge in [-0.05, 0) is 35.1 Å². The Balaban J connectivity index is 1.54. The molecule has 3 heteroatoms. The molecule has 0 aliphatic carbocycles. The molecule has 1 aromatic heterocycles. The Morgan fingerprint density at radius 3 is 2.56 bits per heavy atom. The topological polar surface area (TPSA) is 42.0 Å². The van der Waals surface area contributed by atoms with Crippen molar-refractivity contribution in [2.75, 3.05) is 6.54 Å². The number of nitrogens with zero attached hydrogens (tertiary/aromatic N) is 1. The highest BCUT2D eigenvalue weighted by atomic mass is 16.1. The molecular weight excluding hydrogens is 308 g/mol. The number of para-hydroxylation sites is 1. The lowest BCUT2D eigenvalue weighted by Crippen LogP contribution is -2.27. The van der Waals surface area contributed by atoms with Crippen LogP contribution < -0.4 is 5.32 Å². The van der Waals surface area contributed by atoms with E-state index in [-0.39, 0.29) is 5.91 Å². The first-order chi connectivity index (χ1) is 12.1. The number of amides is 1. The molecule has 0 fully saturated rings. The summed E-state index contributed by atoms with van der Waals surface area (Å²) in [6, 6.07) is 18.5. The Morgan fingerprint density at radius 2 is 1.80 bits per heavy atom. The van der Waals surface area contributed by atoms with Crippen molar-refractivity contribution in [3.63, 3.8) is 0 Å². The van der Waals surface area contributed by atoms with Crippen LogP contribution in [0.3, 0.4) is 0 Å². The van der Waals surface area contributed by atoms with Gasteiger partial charge >= 0.3 is 0 Å². The van der Waals surface area contributed by atoms with Crippen molar-refractivity contribution >= 4 is 16.8 Å². The fourth-order valence-corrected chi connectivity index (χ4v) is 2.96. The minimum atomic E-state index is 0.0388. The van der Waals surface area contributed by atoms with Crippen molar-refractivity contribution in [1.29, 1.82) is 0 Å². The molecule has 0 radical (unpaired) electrons. The molecule has 3 nitrogen and oxygen atoms in total. The van der Waals surface area contributed by atoms with Crippen LogP contribution in [0.2, 0.25) is 0 Å². The van der Waals surface area contributed by atoms with Gasteiger partial charge < -0.3 is 5.32 Å². The third-order valence-corrected chi connectivity index (χ3v) is 4.45.